The van der Waals surface area contributed by atoms with E-state index < -0.39 is 0 Å². The first kappa shape index (κ1) is 11.7. The van der Waals surface area contributed by atoms with Crippen LogP contribution in [0.3, 0.4) is 0 Å². The van der Waals surface area contributed by atoms with Crippen LogP contribution in [0.4, 0.5) is 5.82 Å². The highest BCUT2D eigenvalue weighted by Crippen LogP contribution is 2.09. The van der Waals surface area contributed by atoms with Gasteiger partial charge in [0.15, 0.2) is 0 Å². The van der Waals surface area contributed by atoms with Crippen molar-refractivity contribution < 1.29 is 0 Å². The molecule has 0 fully saturated rings. The van der Waals surface area contributed by atoms with E-state index in [0.717, 1.165) is 18.8 Å². The van der Waals surface area contributed by atoms with E-state index >= 15 is 0 Å². The molecule has 0 radical (unpaired) electrons. The Bertz CT molecular complexity index is 348. The van der Waals surface area contributed by atoms with Crippen molar-refractivity contribution >= 4 is 17.4 Å². The van der Waals surface area contributed by atoms with Crippen molar-refractivity contribution in [3.05, 3.63) is 17.5 Å². The second-order valence-corrected chi connectivity index (χ2v) is 3.73. The van der Waals surface area contributed by atoms with E-state index in [1.807, 2.05) is 0 Å². The monoisotopic (exact) mass is 224 g/mol. The molecule has 1 heterocycles. The first-order valence-corrected chi connectivity index (χ1v) is 5.19. The summed E-state index contributed by atoms with van der Waals surface area (Å²) in [6, 6.07) is 3.90. The zero-order valence-corrected chi connectivity index (χ0v) is 9.33. The van der Waals surface area contributed by atoms with Gasteiger partial charge in [-0.3, -0.25) is 0 Å². The summed E-state index contributed by atoms with van der Waals surface area (Å²) in [6.45, 7) is 2.88. The van der Waals surface area contributed by atoms with Crippen molar-refractivity contribution in [2.75, 3.05) is 11.9 Å². The molecule has 1 atom stereocenters. The van der Waals surface area contributed by atoms with Crippen LogP contribution < -0.4 is 5.32 Å². The number of hydrogen-bond donors (Lipinski definition) is 1. The van der Waals surface area contributed by atoms with Gasteiger partial charge in [0, 0.05) is 19.2 Å². The lowest BCUT2D eigenvalue weighted by Gasteiger charge is -2.10. The topological polar surface area (TPSA) is 61.6 Å². The first-order valence-electron chi connectivity index (χ1n) is 4.81. The maximum absolute atomic E-state index is 8.43. The zero-order chi connectivity index (χ0) is 11.1. The van der Waals surface area contributed by atoms with Crippen LogP contribution >= 0.6 is 11.6 Å². The van der Waals surface area contributed by atoms with Gasteiger partial charge in [0.2, 0.25) is 5.28 Å². The summed E-state index contributed by atoms with van der Waals surface area (Å²) in [5.74, 6) is 1.16. The average Bonchev–Trinajstić information content (AvgIpc) is 2.23. The fourth-order valence-corrected chi connectivity index (χ4v) is 1.27. The molecule has 4 nitrogen and oxygen atoms in total. The molecule has 5 heteroatoms. The predicted molar refractivity (Wildman–Crippen MR) is 59.5 cm³/mol. The summed E-state index contributed by atoms with van der Waals surface area (Å²) in [5.41, 5.74) is 0. The van der Waals surface area contributed by atoms with Crippen molar-refractivity contribution in [1.82, 2.24) is 9.97 Å². The lowest BCUT2D eigenvalue weighted by Crippen LogP contribution is -2.12. The molecular weight excluding hydrogens is 212 g/mol. The molecule has 0 aliphatic heterocycles. The fraction of sp³-hybridized carbons (Fsp3) is 0.500. The van der Waals surface area contributed by atoms with Gasteiger partial charge in [0.25, 0.3) is 0 Å². The van der Waals surface area contributed by atoms with Crippen LogP contribution in [-0.2, 0) is 0 Å². The molecule has 1 aromatic rings. The van der Waals surface area contributed by atoms with Gasteiger partial charge in [-0.15, -0.1) is 0 Å². The second-order valence-electron chi connectivity index (χ2n) is 3.39. The molecule has 80 valence electrons. The van der Waals surface area contributed by atoms with Gasteiger partial charge in [-0.05, 0) is 30.0 Å². The number of rotatable bonds is 5. The minimum atomic E-state index is 0.240. The molecule has 0 amide bonds. The lowest BCUT2D eigenvalue weighted by atomic mass is 10.1. The van der Waals surface area contributed by atoms with Crippen LogP contribution in [0.1, 0.15) is 19.8 Å². The van der Waals surface area contributed by atoms with Gasteiger partial charge in [-0.2, -0.15) is 5.26 Å². The van der Waals surface area contributed by atoms with E-state index in [1.54, 1.807) is 12.3 Å². The molecule has 15 heavy (non-hydrogen) atoms. The molecule has 0 bridgehead atoms. The van der Waals surface area contributed by atoms with Crippen LogP contribution in [0.15, 0.2) is 12.3 Å². The minimum Gasteiger partial charge on any atom is -0.370 e. The molecule has 1 aromatic heterocycles. The number of hydrogen-bond acceptors (Lipinski definition) is 4. The fourth-order valence-electron chi connectivity index (χ4n) is 1.13. The third kappa shape index (κ3) is 4.61. The normalized spacial score (nSPS) is 11.8. The summed E-state index contributed by atoms with van der Waals surface area (Å²) in [5, 5.41) is 11.8. The Morgan fingerprint density at radius 3 is 3.13 bits per heavy atom. The van der Waals surface area contributed by atoms with Gasteiger partial charge in [-0.1, -0.05) is 6.92 Å². The van der Waals surface area contributed by atoms with E-state index in [1.165, 1.54) is 0 Å². The number of nitrogens with zero attached hydrogens (tertiary/aromatic N) is 3. The van der Waals surface area contributed by atoms with Crippen molar-refractivity contribution in [3.63, 3.8) is 0 Å². The van der Waals surface area contributed by atoms with Gasteiger partial charge in [0.05, 0.1) is 6.07 Å². The summed E-state index contributed by atoms with van der Waals surface area (Å²) in [7, 11) is 0. The van der Waals surface area contributed by atoms with Crippen molar-refractivity contribution in [2.45, 2.75) is 19.8 Å². The molecule has 0 spiro atoms. The average molecular weight is 225 g/mol. The Labute approximate surface area is 94.3 Å². The third-order valence-corrected chi connectivity index (χ3v) is 2.19. The highest BCUT2D eigenvalue weighted by Gasteiger charge is 2.02. The van der Waals surface area contributed by atoms with E-state index in [2.05, 4.69) is 28.3 Å². The quantitative estimate of drug-likeness (QED) is 0.781. The molecule has 1 rings (SSSR count). The molecule has 0 saturated heterocycles. The predicted octanol–water partition coefficient (Wildman–Crippen LogP) is 2.48. The first-order chi connectivity index (χ1) is 7.22. The number of anilines is 1. The Balaban J connectivity index is 2.34. The molecule has 0 aliphatic carbocycles. The zero-order valence-electron chi connectivity index (χ0n) is 8.57. The lowest BCUT2D eigenvalue weighted by molar-refractivity contribution is 0.568. The van der Waals surface area contributed by atoms with Gasteiger partial charge in [0.1, 0.15) is 5.82 Å². The number of nitriles is 1. The molecule has 0 aromatic carbocycles. The maximum atomic E-state index is 8.43. The standard InChI is InChI=1S/C10H13ClN4/c1-8(3-2-5-12)7-14-9-4-6-13-10(11)15-9/h4,6,8H,2-3,7H2,1H3,(H,13,14,15)/t8-/m0/s1. The van der Waals surface area contributed by atoms with Crippen molar-refractivity contribution in [2.24, 2.45) is 5.92 Å². The van der Waals surface area contributed by atoms with E-state index in [0.29, 0.717) is 12.3 Å². The number of aromatic nitrogens is 2. The SMILES string of the molecule is C[C@@H](CCC#N)CNc1ccnc(Cl)n1. The Kier molecular flexibility index (Phi) is 4.85. The number of nitrogens with one attached hydrogen (secondary N) is 1. The highest BCUT2D eigenvalue weighted by atomic mass is 35.5. The smallest absolute Gasteiger partial charge is 0.224 e. The van der Waals surface area contributed by atoms with Crippen LogP contribution in [0.2, 0.25) is 5.28 Å². The molecule has 1 N–H and O–H groups in total. The van der Waals surface area contributed by atoms with Gasteiger partial charge < -0.3 is 5.32 Å². The molecule has 0 aliphatic rings. The largest absolute Gasteiger partial charge is 0.370 e. The molecular formula is C10H13ClN4. The highest BCUT2D eigenvalue weighted by molar-refractivity contribution is 6.28. The van der Waals surface area contributed by atoms with Crippen LogP contribution in [0, 0.1) is 17.2 Å². The Hall–Kier alpha value is -1.34. The third-order valence-electron chi connectivity index (χ3n) is 2.01. The molecule has 0 saturated carbocycles. The summed E-state index contributed by atoms with van der Waals surface area (Å²) >= 11 is 5.64. The Morgan fingerprint density at radius 1 is 1.67 bits per heavy atom. The van der Waals surface area contributed by atoms with E-state index in [9.17, 15) is 0 Å². The molecule has 0 unspecified atom stereocenters. The van der Waals surface area contributed by atoms with Crippen LogP contribution in [-0.4, -0.2) is 16.5 Å². The minimum absolute atomic E-state index is 0.240. The van der Waals surface area contributed by atoms with Crippen molar-refractivity contribution in [3.8, 4) is 6.07 Å². The van der Waals surface area contributed by atoms with Crippen LogP contribution in [0.25, 0.3) is 0 Å². The maximum Gasteiger partial charge on any atom is 0.224 e. The summed E-state index contributed by atoms with van der Waals surface area (Å²) in [4.78, 5) is 7.79. The van der Waals surface area contributed by atoms with Gasteiger partial charge in [-0.25, -0.2) is 9.97 Å². The summed E-state index contributed by atoms with van der Waals surface area (Å²) in [6.07, 6.45) is 3.09. The summed E-state index contributed by atoms with van der Waals surface area (Å²) < 4.78 is 0. The van der Waals surface area contributed by atoms with Gasteiger partial charge >= 0.3 is 0 Å². The Morgan fingerprint density at radius 2 is 2.47 bits per heavy atom. The van der Waals surface area contributed by atoms with Crippen LogP contribution in [0.5, 0.6) is 0 Å². The number of halogens is 1. The van der Waals surface area contributed by atoms with E-state index in [-0.39, 0.29) is 5.28 Å². The van der Waals surface area contributed by atoms with Crippen molar-refractivity contribution in [1.29, 1.82) is 5.26 Å². The van der Waals surface area contributed by atoms with E-state index in [4.69, 9.17) is 16.9 Å². The second kappa shape index (κ2) is 6.20.